The summed E-state index contributed by atoms with van der Waals surface area (Å²) in [5, 5.41) is 14.2. The number of hydrogen-bond donors (Lipinski definition) is 1. The van der Waals surface area contributed by atoms with Crippen molar-refractivity contribution in [2.75, 3.05) is 13.6 Å². The molecule has 24 heavy (non-hydrogen) atoms. The van der Waals surface area contributed by atoms with Gasteiger partial charge >= 0.3 is 0 Å². The molecule has 1 unspecified atom stereocenters. The number of ether oxygens (including phenoxy) is 1. The minimum atomic E-state index is -0.147. The molecule has 126 valence electrons. The molecule has 1 atom stereocenters. The first-order valence-corrected chi connectivity index (χ1v) is 9.10. The summed E-state index contributed by atoms with van der Waals surface area (Å²) < 4.78 is 5.81. The highest BCUT2D eigenvalue weighted by Crippen LogP contribution is 2.38. The summed E-state index contributed by atoms with van der Waals surface area (Å²) in [6.07, 6.45) is 3.98. The van der Waals surface area contributed by atoms with E-state index in [-0.39, 0.29) is 11.5 Å². The maximum Gasteiger partial charge on any atom is 0.232 e. The van der Waals surface area contributed by atoms with Gasteiger partial charge in [0.25, 0.3) is 0 Å². The quantitative estimate of drug-likeness (QED) is 0.819. The van der Waals surface area contributed by atoms with Gasteiger partial charge < -0.3 is 14.7 Å². The number of thiophene rings is 1. The second-order valence-corrected chi connectivity index (χ2v) is 7.09. The zero-order chi connectivity index (χ0) is 17.1. The first-order valence-electron chi connectivity index (χ1n) is 8.22. The fourth-order valence-electron chi connectivity index (χ4n) is 2.83. The van der Waals surface area contributed by atoms with Crippen molar-refractivity contribution in [1.82, 2.24) is 0 Å². The Morgan fingerprint density at radius 3 is 2.88 bits per heavy atom. The third kappa shape index (κ3) is 3.37. The van der Waals surface area contributed by atoms with E-state index in [0.717, 1.165) is 24.3 Å². The minimum Gasteiger partial charge on any atom is -0.872 e. The molecule has 0 fully saturated rings. The van der Waals surface area contributed by atoms with Gasteiger partial charge in [0.2, 0.25) is 5.78 Å². The Kier molecular flexibility index (Phi) is 5.02. The Hall–Kier alpha value is -2.11. The molecular formula is C19H21NO3S. The van der Waals surface area contributed by atoms with Gasteiger partial charge in [-0.3, -0.25) is 4.79 Å². The van der Waals surface area contributed by atoms with Crippen LogP contribution in [-0.2, 0) is 6.54 Å². The van der Waals surface area contributed by atoms with Crippen LogP contribution in [0.5, 0.6) is 11.5 Å². The molecule has 0 radical (unpaired) electrons. The van der Waals surface area contributed by atoms with E-state index >= 15 is 0 Å². The lowest BCUT2D eigenvalue weighted by Gasteiger charge is -2.20. The van der Waals surface area contributed by atoms with Crippen LogP contribution in [0.1, 0.15) is 40.6 Å². The molecule has 0 amide bonds. The van der Waals surface area contributed by atoms with Crippen molar-refractivity contribution in [2.45, 2.75) is 26.3 Å². The monoisotopic (exact) mass is 343 g/mol. The van der Waals surface area contributed by atoms with Gasteiger partial charge in [0, 0.05) is 16.5 Å². The number of unbranched alkanes of at least 4 members (excludes halogenated alkanes) is 1. The molecule has 0 aliphatic carbocycles. The maximum absolute atomic E-state index is 12.5. The van der Waals surface area contributed by atoms with Crippen LogP contribution in [0.25, 0.3) is 6.08 Å². The number of hydrogen-bond acceptors (Lipinski definition) is 4. The third-order valence-corrected chi connectivity index (χ3v) is 4.97. The van der Waals surface area contributed by atoms with E-state index in [0.29, 0.717) is 29.2 Å². The van der Waals surface area contributed by atoms with E-state index in [1.165, 1.54) is 11.0 Å². The highest BCUT2D eigenvalue weighted by Gasteiger charge is 2.30. The van der Waals surface area contributed by atoms with Crippen LogP contribution < -0.4 is 14.7 Å². The number of nitrogens with one attached hydrogen (secondary N) is 1. The number of carbonyl (C=O) groups excluding carboxylic acids is 1. The Morgan fingerprint density at radius 1 is 1.33 bits per heavy atom. The first kappa shape index (κ1) is 16.7. The van der Waals surface area contributed by atoms with Crippen LogP contribution in [0.15, 0.2) is 35.4 Å². The van der Waals surface area contributed by atoms with E-state index in [1.54, 1.807) is 23.5 Å². The molecule has 1 N–H and O–H groups in total. The number of fused-ring (bicyclic) bond motifs is 1. The van der Waals surface area contributed by atoms with Crippen molar-refractivity contribution >= 4 is 23.2 Å². The van der Waals surface area contributed by atoms with Crippen LogP contribution in [0, 0.1) is 0 Å². The number of ketones is 1. The van der Waals surface area contributed by atoms with Crippen LogP contribution >= 0.6 is 11.3 Å². The third-order valence-electron chi connectivity index (χ3n) is 4.15. The molecule has 0 spiro atoms. The van der Waals surface area contributed by atoms with Gasteiger partial charge in [-0.25, -0.2) is 0 Å². The summed E-state index contributed by atoms with van der Waals surface area (Å²) in [6, 6.07) is 6.92. The van der Waals surface area contributed by atoms with Crippen LogP contribution in [0.2, 0.25) is 0 Å². The Balaban J connectivity index is 1.89. The molecule has 0 bridgehead atoms. The Labute approximate surface area is 146 Å². The van der Waals surface area contributed by atoms with Crippen LogP contribution in [0.3, 0.4) is 0 Å². The number of allylic oxidation sites excluding steroid dienone is 1. The molecule has 0 saturated heterocycles. The lowest BCUT2D eigenvalue weighted by atomic mass is 10.0. The minimum absolute atomic E-state index is 0.0604. The van der Waals surface area contributed by atoms with Crippen LogP contribution in [0.4, 0.5) is 0 Å². The fourth-order valence-corrected chi connectivity index (χ4v) is 3.47. The molecule has 1 aromatic heterocycles. The van der Waals surface area contributed by atoms with Gasteiger partial charge in [-0.05, 0) is 23.9 Å². The molecule has 1 aliphatic heterocycles. The van der Waals surface area contributed by atoms with Crippen molar-refractivity contribution in [2.24, 2.45) is 0 Å². The second-order valence-electron chi connectivity index (χ2n) is 6.11. The van der Waals surface area contributed by atoms with Gasteiger partial charge in [0.05, 0.1) is 19.2 Å². The molecule has 3 rings (SSSR count). The lowest BCUT2D eigenvalue weighted by molar-refractivity contribution is -0.894. The summed E-state index contributed by atoms with van der Waals surface area (Å²) in [5.41, 5.74) is 1.10. The molecule has 5 heteroatoms. The smallest absolute Gasteiger partial charge is 0.232 e. The zero-order valence-corrected chi connectivity index (χ0v) is 14.7. The lowest BCUT2D eigenvalue weighted by Crippen LogP contribution is -3.07. The Bertz CT molecular complexity index is 765. The summed E-state index contributed by atoms with van der Waals surface area (Å²) in [6.45, 7) is 3.71. The van der Waals surface area contributed by atoms with Gasteiger partial charge in [-0.2, -0.15) is 0 Å². The highest BCUT2D eigenvalue weighted by atomic mass is 32.1. The van der Waals surface area contributed by atoms with E-state index < -0.39 is 0 Å². The van der Waals surface area contributed by atoms with Crippen LogP contribution in [-0.4, -0.2) is 19.4 Å². The maximum atomic E-state index is 12.5. The highest BCUT2D eigenvalue weighted by molar-refractivity contribution is 7.10. The van der Waals surface area contributed by atoms with E-state index in [1.807, 2.05) is 17.5 Å². The normalized spacial score (nSPS) is 16.2. The van der Waals surface area contributed by atoms with E-state index in [9.17, 15) is 9.90 Å². The molecule has 2 heterocycles. The van der Waals surface area contributed by atoms with E-state index in [4.69, 9.17) is 4.74 Å². The molecule has 1 aromatic carbocycles. The van der Waals surface area contributed by atoms with Crippen molar-refractivity contribution in [3.05, 3.63) is 51.4 Å². The molecule has 0 saturated carbocycles. The molecule has 1 aliphatic rings. The van der Waals surface area contributed by atoms with Gasteiger partial charge in [-0.15, -0.1) is 11.3 Å². The van der Waals surface area contributed by atoms with E-state index in [2.05, 4.69) is 14.0 Å². The van der Waals surface area contributed by atoms with Gasteiger partial charge in [0.15, 0.2) is 5.76 Å². The number of benzene rings is 1. The molecule has 4 nitrogen and oxygen atoms in total. The topological polar surface area (TPSA) is 53.8 Å². The molecule has 2 aromatic rings. The van der Waals surface area contributed by atoms with Crippen molar-refractivity contribution in [1.29, 1.82) is 0 Å². The number of carbonyl (C=O) groups is 1. The summed E-state index contributed by atoms with van der Waals surface area (Å²) >= 11 is 1.54. The zero-order valence-electron chi connectivity index (χ0n) is 13.9. The molecular weight excluding hydrogens is 322 g/mol. The number of rotatable bonds is 6. The number of Topliss-reactive ketones (excluding diaryl/α,β-unsaturated/α-hetero) is 1. The largest absolute Gasteiger partial charge is 0.872 e. The fraction of sp³-hybridized carbons (Fsp3) is 0.316. The SMILES string of the molecule is CCCC[NH+](C)Cc1c([O-])ccc2c1O/C(=C\c1cccs1)C2=O. The summed E-state index contributed by atoms with van der Waals surface area (Å²) in [7, 11) is 2.06. The average Bonchev–Trinajstić information content (AvgIpc) is 3.18. The predicted octanol–water partition coefficient (Wildman–Crippen LogP) is 2.25. The average molecular weight is 343 g/mol. The summed E-state index contributed by atoms with van der Waals surface area (Å²) in [4.78, 5) is 14.8. The number of quaternary nitrogens is 1. The van der Waals surface area contributed by atoms with Crippen molar-refractivity contribution in [3.63, 3.8) is 0 Å². The standard InChI is InChI=1S/C19H21NO3S/c1-3-4-9-20(2)12-15-16(21)8-7-14-18(22)17(23-19(14)15)11-13-6-5-10-24-13/h5-8,10-11,21H,3-4,9,12H2,1-2H3/b17-11-. The van der Waals surface area contributed by atoms with Crippen molar-refractivity contribution in [3.8, 4) is 11.5 Å². The van der Waals surface area contributed by atoms with Gasteiger partial charge in [0.1, 0.15) is 12.3 Å². The van der Waals surface area contributed by atoms with Crippen molar-refractivity contribution < 1.29 is 19.5 Å². The Morgan fingerprint density at radius 2 is 2.17 bits per heavy atom. The summed E-state index contributed by atoms with van der Waals surface area (Å²) in [5.74, 6) is 0.539. The first-order chi connectivity index (χ1) is 11.6. The predicted molar refractivity (Wildman–Crippen MR) is 93.5 cm³/mol. The second kappa shape index (κ2) is 7.20. The van der Waals surface area contributed by atoms with Gasteiger partial charge in [-0.1, -0.05) is 31.2 Å².